The second-order valence-corrected chi connectivity index (χ2v) is 5.78. The Hall–Kier alpha value is -2.36. The molecule has 0 radical (unpaired) electrons. The fourth-order valence-electron chi connectivity index (χ4n) is 2.75. The van der Waals surface area contributed by atoms with E-state index in [4.69, 9.17) is 4.74 Å². The predicted octanol–water partition coefficient (Wildman–Crippen LogP) is 3.24. The molecule has 0 aliphatic rings. The summed E-state index contributed by atoms with van der Waals surface area (Å²) in [6.45, 7) is 1.25. The molecule has 144 valence electrons. The number of fused-ring (bicyclic) bond motifs is 1. The number of hydrogen-bond acceptors (Lipinski definition) is 3. The fourth-order valence-corrected chi connectivity index (χ4v) is 2.75. The Morgan fingerprint density at radius 1 is 1.26 bits per heavy atom. The van der Waals surface area contributed by atoms with E-state index < -0.39 is 0 Å². The molecular weight excluding hydrogens is 460 g/mol. The lowest BCUT2D eigenvalue weighted by molar-refractivity contribution is 0.396. The maximum Gasteiger partial charge on any atom is 0.213 e. The Bertz CT molecular complexity index is 912. The summed E-state index contributed by atoms with van der Waals surface area (Å²) in [6, 6.07) is 10.4. The van der Waals surface area contributed by atoms with Gasteiger partial charge in [-0.25, -0.2) is 9.37 Å². The van der Waals surface area contributed by atoms with Crippen molar-refractivity contribution >= 4 is 40.8 Å². The van der Waals surface area contributed by atoms with Crippen LogP contribution in [0.5, 0.6) is 5.88 Å². The molecule has 0 bridgehead atoms. The number of halogens is 2. The van der Waals surface area contributed by atoms with E-state index in [0.29, 0.717) is 24.9 Å². The highest BCUT2D eigenvalue weighted by molar-refractivity contribution is 14.0. The molecule has 27 heavy (non-hydrogen) atoms. The molecule has 0 saturated heterocycles. The molecule has 0 unspecified atom stereocenters. The van der Waals surface area contributed by atoms with Gasteiger partial charge in [0.25, 0.3) is 0 Å². The van der Waals surface area contributed by atoms with Gasteiger partial charge in [-0.15, -0.1) is 24.0 Å². The van der Waals surface area contributed by atoms with Crippen molar-refractivity contribution in [3.05, 3.63) is 59.7 Å². The molecule has 3 rings (SSSR count). The van der Waals surface area contributed by atoms with Crippen LogP contribution in [0.15, 0.2) is 47.6 Å². The van der Waals surface area contributed by atoms with E-state index in [1.54, 1.807) is 20.2 Å². The summed E-state index contributed by atoms with van der Waals surface area (Å²) in [7, 11) is 3.32. The summed E-state index contributed by atoms with van der Waals surface area (Å²) in [4.78, 5) is 11.7. The summed E-state index contributed by atoms with van der Waals surface area (Å²) >= 11 is 0. The van der Waals surface area contributed by atoms with E-state index in [2.05, 4.69) is 25.6 Å². The number of H-pyrrole nitrogens is 1. The molecule has 3 aromatic rings. The molecule has 3 N–H and O–H groups in total. The zero-order chi connectivity index (χ0) is 18.4. The number of aromatic nitrogens is 2. The van der Waals surface area contributed by atoms with E-state index >= 15 is 0 Å². The SMILES string of the molecule is CN=C(NCCc1c[nH]c2cc(F)ccc12)NCc1cccc(OC)n1.I. The Labute approximate surface area is 174 Å². The van der Waals surface area contributed by atoms with Gasteiger partial charge in [0.1, 0.15) is 5.82 Å². The van der Waals surface area contributed by atoms with Crippen molar-refractivity contribution in [1.82, 2.24) is 20.6 Å². The molecule has 0 fully saturated rings. The highest BCUT2D eigenvalue weighted by atomic mass is 127. The zero-order valence-corrected chi connectivity index (χ0v) is 17.6. The largest absolute Gasteiger partial charge is 0.481 e. The van der Waals surface area contributed by atoms with Crippen molar-refractivity contribution in [2.45, 2.75) is 13.0 Å². The summed E-state index contributed by atoms with van der Waals surface area (Å²) < 4.78 is 18.4. The summed E-state index contributed by atoms with van der Waals surface area (Å²) in [5, 5.41) is 7.54. The van der Waals surface area contributed by atoms with E-state index in [1.165, 1.54) is 12.1 Å². The average molecular weight is 483 g/mol. The third-order valence-corrected chi connectivity index (χ3v) is 4.07. The second-order valence-electron chi connectivity index (χ2n) is 5.78. The minimum absolute atomic E-state index is 0. The van der Waals surface area contributed by atoms with Gasteiger partial charge in [0.2, 0.25) is 5.88 Å². The van der Waals surface area contributed by atoms with Crippen LogP contribution in [0.4, 0.5) is 4.39 Å². The molecule has 2 aromatic heterocycles. The Morgan fingerprint density at radius 3 is 2.89 bits per heavy atom. The fraction of sp³-hybridized carbons (Fsp3) is 0.263. The first-order valence-corrected chi connectivity index (χ1v) is 8.39. The van der Waals surface area contributed by atoms with Crippen molar-refractivity contribution in [1.29, 1.82) is 0 Å². The minimum Gasteiger partial charge on any atom is -0.481 e. The first kappa shape index (κ1) is 20.9. The number of benzene rings is 1. The van der Waals surface area contributed by atoms with Gasteiger partial charge in [0.05, 0.1) is 19.3 Å². The van der Waals surface area contributed by atoms with Crippen LogP contribution in [0.2, 0.25) is 0 Å². The summed E-state index contributed by atoms with van der Waals surface area (Å²) in [5.74, 6) is 1.04. The number of hydrogen-bond donors (Lipinski definition) is 3. The maximum atomic E-state index is 13.3. The molecule has 0 amide bonds. The van der Waals surface area contributed by atoms with Crippen molar-refractivity contribution < 1.29 is 9.13 Å². The van der Waals surface area contributed by atoms with Gasteiger partial charge in [-0.3, -0.25) is 4.99 Å². The van der Waals surface area contributed by atoms with Gasteiger partial charge in [-0.1, -0.05) is 6.07 Å². The molecule has 0 saturated carbocycles. The van der Waals surface area contributed by atoms with Crippen LogP contribution in [0.25, 0.3) is 10.9 Å². The first-order valence-electron chi connectivity index (χ1n) is 8.39. The first-order chi connectivity index (χ1) is 12.7. The van der Waals surface area contributed by atoms with Crippen LogP contribution in [0.1, 0.15) is 11.3 Å². The van der Waals surface area contributed by atoms with Crippen LogP contribution in [-0.4, -0.2) is 36.6 Å². The number of nitrogens with zero attached hydrogens (tertiary/aromatic N) is 2. The highest BCUT2D eigenvalue weighted by Crippen LogP contribution is 2.19. The smallest absolute Gasteiger partial charge is 0.213 e. The highest BCUT2D eigenvalue weighted by Gasteiger charge is 2.05. The van der Waals surface area contributed by atoms with Gasteiger partial charge >= 0.3 is 0 Å². The molecule has 0 spiro atoms. The van der Waals surface area contributed by atoms with Crippen LogP contribution >= 0.6 is 24.0 Å². The molecule has 0 aliphatic carbocycles. The lowest BCUT2D eigenvalue weighted by Crippen LogP contribution is -2.38. The van der Waals surface area contributed by atoms with Crippen LogP contribution < -0.4 is 15.4 Å². The van der Waals surface area contributed by atoms with Gasteiger partial charge in [0, 0.05) is 36.8 Å². The summed E-state index contributed by atoms with van der Waals surface area (Å²) in [5.41, 5.74) is 2.81. The third-order valence-electron chi connectivity index (χ3n) is 4.07. The van der Waals surface area contributed by atoms with Crippen molar-refractivity contribution in [3.63, 3.8) is 0 Å². The van der Waals surface area contributed by atoms with Crippen molar-refractivity contribution in [2.24, 2.45) is 4.99 Å². The molecule has 1 aromatic carbocycles. The topological polar surface area (TPSA) is 74.3 Å². The van der Waals surface area contributed by atoms with Crippen molar-refractivity contribution in [3.8, 4) is 5.88 Å². The Morgan fingerprint density at radius 2 is 2.11 bits per heavy atom. The minimum atomic E-state index is -0.236. The van der Waals surface area contributed by atoms with Crippen LogP contribution in [0.3, 0.4) is 0 Å². The van der Waals surface area contributed by atoms with E-state index in [9.17, 15) is 4.39 Å². The van der Waals surface area contributed by atoms with Gasteiger partial charge in [0.15, 0.2) is 5.96 Å². The molecular formula is C19H23FIN5O. The second kappa shape index (κ2) is 10.1. The quantitative estimate of drug-likeness (QED) is 0.286. The Kier molecular flexibility index (Phi) is 7.83. The van der Waals surface area contributed by atoms with Gasteiger partial charge < -0.3 is 20.4 Å². The van der Waals surface area contributed by atoms with E-state index in [-0.39, 0.29) is 29.8 Å². The molecule has 8 heteroatoms. The molecule has 0 aliphatic heterocycles. The average Bonchev–Trinajstić information content (AvgIpc) is 3.06. The maximum absolute atomic E-state index is 13.3. The number of aliphatic imine (C=N–C) groups is 1. The van der Waals surface area contributed by atoms with Gasteiger partial charge in [-0.05, 0) is 36.2 Å². The van der Waals surface area contributed by atoms with E-state index in [1.807, 2.05) is 24.4 Å². The molecule has 6 nitrogen and oxygen atoms in total. The normalized spacial score (nSPS) is 11.1. The number of pyridine rings is 1. The monoisotopic (exact) mass is 483 g/mol. The Balaban J connectivity index is 0.00000261. The molecule has 2 heterocycles. The number of guanidine groups is 1. The number of rotatable bonds is 6. The number of ether oxygens (including phenoxy) is 1. The number of methoxy groups -OCH3 is 1. The zero-order valence-electron chi connectivity index (χ0n) is 15.3. The number of aromatic amines is 1. The standard InChI is InChI=1S/C19H22FN5O.HI/c1-21-19(24-12-15-4-3-5-18(25-15)26-2)22-9-8-13-11-23-17-10-14(20)6-7-16(13)17;/h3-7,10-11,23H,8-9,12H2,1-2H3,(H2,21,22,24);1H. The van der Waals surface area contributed by atoms with Crippen molar-refractivity contribution in [2.75, 3.05) is 20.7 Å². The lowest BCUT2D eigenvalue weighted by Gasteiger charge is -2.11. The van der Waals surface area contributed by atoms with Crippen LogP contribution in [0, 0.1) is 5.82 Å². The lowest BCUT2D eigenvalue weighted by atomic mass is 10.1. The predicted molar refractivity (Wildman–Crippen MR) is 116 cm³/mol. The summed E-state index contributed by atoms with van der Waals surface area (Å²) in [6.07, 6.45) is 2.71. The van der Waals surface area contributed by atoms with E-state index in [0.717, 1.165) is 28.6 Å². The van der Waals surface area contributed by atoms with Gasteiger partial charge in [-0.2, -0.15) is 0 Å². The van der Waals surface area contributed by atoms with Crippen LogP contribution in [-0.2, 0) is 13.0 Å². The third kappa shape index (κ3) is 5.56. The number of nitrogens with one attached hydrogen (secondary N) is 3. The molecule has 0 atom stereocenters.